The van der Waals surface area contributed by atoms with Crippen molar-refractivity contribution >= 4 is 5.91 Å². The van der Waals surface area contributed by atoms with E-state index in [-0.39, 0.29) is 5.91 Å². The third-order valence-corrected chi connectivity index (χ3v) is 4.13. The number of hydrogen-bond donors (Lipinski definition) is 1. The van der Waals surface area contributed by atoms with Crippen molar-refractivity contribution in [3.63, 3.8) is 0 Å². The van der Waals surface area contributed by atoms with Gasteiger partial charge in [-0.25, -0.2) is 0 Å². The monoisotopic (exact) mass is 361 g/mol. The van der Waals surface area contributed by atoms with Crippen LogP contribution in [-0.2, 0) is 24.5 Å². The molecule has 0 heterocycles. The number of rotatable bonds is 8. The molecule has 1 amide bonds. The molecular formula is C23H23NO3. The summed E-state index contributed by atoms with van der Waals surface area (Å²) in [6.07, 6.45) is 0. The minimum atomic E-state index is -0.124. The van der Waals surface area contributed by atoms with Crippen molar-refractivity contribution in [2.75, 3.05) is 7.11 Å². The molecule has 4 heteroatoms. The first kappa shape index (κ1) is 18.7. The SMILES string of the molecule is COCc1ccc(CNC(=O)c2cccc(OCc3ccccc3)c2)cc1. The van der Waals surface area contributed by atoms with Crippen LogP contribution in [0.2, 0.25) is 0 Å². The van der Waals surface area contributed by atoms with Crippen LogP contribution in [0.5, 0.6) is 5.75 Å². The van der Waals surface area contributed by atoms with E-state index < -0.39 is 0 Å². The van der Waals surface area contributed by atoms with Gasteiger partial charge in [-0.15, -0.1) is 0 Å². The lowest BCUT2D eigenvalue weighted by atomic mass is 10.1. The van der Waals surface area contributed by atoms with Crippen molar-refractivity contribution < 1.29 is 14.3 Å². The van der Waals surface area contributed by atoms with Crippen LogP contribution in [0.15, 0.2) is 78.9 Å². The molecule has 0 aromatic heterocycles. The predicted octanol–water partition coefficient (Wildman–Crippen LogP) is 4.34. The highest BCUT2D eigenvalue weighted by atomic mass is 16.5. The number of carbonyl (C=O) groups is 1. The van der Waals surface area contributed by atoms with Crippen LogP contribution in [-0.4, -0.2) is 13.0 Å². The lowest BCUT2D eigenvalue weighted by Gasteiger charge is -2.09. The molecular weight excluding hydrogens is 338 g/mol. The number of benzene rings is 3. The van der Waals surface area contributed by atoms with E-state index in [1.807, 2.05) is 66.7 Å². The minimum absolute atomic E-state index is 0.124. The van der Waals surface area contributed by atoms with Crippen LogP contribution in [0.25, 0.3) is 0 Å². The van der Waals surface area contributed by atoms with Gasteiger partial charge in [0.15, 0.2) is 0 Å². The quantitative estimate of drug-likeness (QED) is 0.649. The van der Waals surface area contributed by atoms with Crippen LogP contribution in [0.4, 0.5) is 0 Å². The number of carbonyl (C=O) groups excluding carboxylic acids is 1. The Hall–Kier alpha value is -3.11. The summed E-state index contributed by atoms with van der Waals surface area (Å²) in [4.78, 5) is 12.4. The molecule has 0 spiro atoms. The Balaban J connectivity index is 1.55. The van der Waals surface area contributed by atoms with Gasteiger partial charge in [0.1, 0.15) is 12.4 Å². The van der Waals surface area contributed by atoms with Crippen LogP contribution < -0.4 is 10.1 Å². The molecule has 0 bridgehead atoms. The van der Waals surface area contributed by atoms with E-state index in [9.17, 15) is 4.79 Å². The number of ether oxygens (including phenoxy) is 2. The molecule has 0 saturated heterocycles. The van der Waals surface area contributed by atoms with E-state index in [2.05, 4.69) is 5.32 Å². The molecule has 0 aliphatic heterocycles. The fourth-order valence-corrected chi connectivity index (χ4v) is 2.67. The van der Waals surface area contributed by atoms with Gasteiger partial charge in [0.2, 0.25) is 0 Å². The van der Waals surface area contributed by atoms with E-state index in [0.717, 1.165) is 16.7 Å². The normalized spacial score (nSPS) is 10.4. The molecule has 4 nitrogen and oxygen atoms in total. The number of hydrogen-bond acceptors (Lipinski definition) is 3. The lowest BCUT2D eigenvalue weighted by Crippen LogP contribution is -2.22. The first-order valence-corrected chi connectivity index (χ1v) is 8.86. The largest absolute Gasteiger partial charge is 0.489 e. The second-order valence-corrected chi connectivity index (χ2v) is 6.23. The Morgan fingerprint density at radius 3 is 2.26 bits per heavy atom. The van der Waals surface area contributed by atoms with Crippen molar-refractivity contribution in [3.05, 3.63) is 101 Å². The van der Waals surface area contributed by atoms with Crippen LogP contribution in [0, 0.1) is 0 Å². The minimum Gasteiger partial charge on any atom is -0.489 e. The summed E-state index contributed by atoms with van der Waals surface area (Å²) in [6.45, 7) is 1.53. The highest BCUT2D eigenvalue weighted by Crippen LogP contribution is 2.15. The van der Waals surface area contributed by atoms with Crippen molar-refractivity contribution in [2.24, 2.45) is 0 Å². The Kier molecular flexibility index (Phi) is 6.61. The number of amides is 1. The van der Waals surface area contributed by atoms with Crippen LogP contribution in [0.1, 0.15) is 27.0 Å². The molecule has 0 aliphatic carbocycles. The molecule has 0 radical (unpaired) electrons. The molecule has 0 atom stereocenters. The van der Waals surface area contributed by atoms with Gasteiger partial charge < -0.3 is 14.8 Å². The molecule has 0 fully saturated rings. The zero-order valence-corrected chi connectivity index (χ0v) is 15.4. The van der Waals surface area contributed by atoms with Crippen LogP contribution in [0.3, 0.4) is 0 Å². The Labute approximate surface area is 159 Å². The maximum atomic E-state index is 12.4. The fraction of sp³-hybridized carbons (Fsp3) is 0.174. The summed E-state index contributed by atoms with van der Waals surface area (Å²) in [5.74, 6) is 0.552. The van der Waals surface area contributed by atoms with Gasteiger partial charge in [0.05, 0.1) is 6.61 Å². The molecule has 0 aliphatic rings. The molecule has 0 unspecified atom stereocenters. The van der Waals surface area contributed by atoms with Gasteiger partial charge in [0, 0.05) is 19.2 Å². The third kappa shape index (κ3) is 5.69. The molecule has 3 rings (SSSR count). The van der Waals surface area contributed by atoms with E-state index in [4.69, 9.17) is 9.47 Å². The topological polar surface area (TPSA) is 47.6 Å². The smallest absolute Gasteiger partial charge is 0.251 e. The highest BCUT2D eigenvalue weighted by molar-refractivity contribution is 5.94. The molecule has 3 aromatic carbocycles. The molecule has 0 saturated carbocycles. The van der Waals surface area contributed by atoms with E-state index in [1.165, 1.54) is 0 Å². The standard InChI is InChI=1S/C23H23NO3/c1-26-16-20-12-10-18(11-13-20)15-24-23(25)21-8-5-9-22(14-21)27-17-19-6-3-2-4-7-19/h2-14H,15-17H2,1H3,(H,24,25). The van der Waals surface area contributed by atoms with Gasteiger partial charge in [-0.3, -0.25) is 4.79 Å². The maximum Gasteiger partial charge on any atom is 0.251 e. The third-order valence-electron chi connectivity index (χ3n) is 4.13. The zero-order chi connectivity index (χ0) is 18.9. The second-order valence-electron chi connectivity index (χ2n) is 6.23. The van der Waals surface area contributed by atoms with Crippen molar-refractivity contribution in [3.8, 4) is 5.75 Å². The van der Waals surface area contributed by atoms with E-state index >= 15 is 0 Å². The summed E-state index contributed by atoms with van der Waals surface area (Å²) in [5.41, 5.74) is 3.82. The van der Waals surface area contributed by atoms with Crippen LogP contribution >= 0.6 is 0 Å². The Morgan fingerprint density at radius 1 is 0.815 bits per heavy atom. The fourth-order valence-electron chi connectivity index (χ4n) is 2.67. The maximum absolute atomic E-state index is 12.4. The van der Waals surface area contributed by atoms with Gasteiger partial charge in [0.25, 0.3) is 5.91 Å². The summed E-state index contributed by atoms with van der Waals surface area (Å²) in [7, 11) is 1.67. The molecule has 138 valence electrons. The van der Waals surface area contributed by atoms with Gasteiger partial charge in [-0.05, 0) is 34.9 Å². The van der Waals surface area contributed by atoms with E-state index in [1.54, 1.807) is 19.2 Å². The molecule has 27 heavy (non-hydrogen) atoms. The van der Waals surface area contributed by atoms with Crippen molar-refractivity contribution in [2.45, 2.75) is 19.8 Å². The van der Waals surface area contributed by atoms with Gasteiger partial charge in [-0.2, -0.15) is 0 Å². The number of methoxy groups -OCH3 is 1. The molecule has 3 aromatic rings. The average Bonchev–Trinajstić information content (AvgIpc) is 2.73. The lowest BCUT2D eigenvalue weighted by molar-refractivity contribution is 0.0950. The summed E-state index contributed by atoms with van der Waals surface area (Å²) in [5, 5.41) is 2.94. The summed E-state index contributed by atoms with van der Waals surface area (Å²) in [6, 6.07) is 25.2. The second kappa shape index (κ2) is 9.55. The number of nitrogens with one attached hydrogen (secondary N) is 1. The highest BCUT2D eigenvalue weighted by Gasteiger charge is 2.07. The predicted molar refractivity (Wildman–Crippen MR) is 106 cm³/mol. The van der Waals surface area contributed by atoms with Crippen molar-refractivity contribution in [1.82, 2.24) is 5.32 Å². The summed E-state index contributed by atoms with van der Waals surface area (Å²) < 4.78 is 10.9. The first-order valence-electron chi connectivity index (χ1n) is 8.86. The molecule has 1 N–H and O–H groups in total. The Morgan fingerprint density at radius 2 is 1.52 bits per heavy atom. The van der Waals surface area contributed by atoms with Crippen molar-refractivity contribution in [1.29, 1.82) is 0 Å². The first-order chi connectivity index (χ1) is 13.2. The summed E-state index contributed by atoms with van der Waals surface area (Å²) >= 11 is 0. The van der Waals surface area contributed by atoms with E-state index in [0.29, 0.717) is 31.1 Å². The average molecular weight is 361 g/mol. The van der Waals surface area contributed by atoms with Gasteiger partial charge >= 0.3 is 0 Å². The zero-order valence-electron chi connectivity index (χ0n) is 15.4. The van der Waals surface area contributed by atoms with Gasteiger partial charge in [-0.1, -0.05) is 60.7 Å². The Bertz CT molecular complexity index is 860.